The van der Waals surface area contributed by atoms with Crippen molar-refractivity contribution in [1.29, 1.82) is 0 Å². The average molecular weight is 291 g/mol. The number of benzene rings is 2. The molecule has 0 amide bonds. The molecule has 3 aromatic rings. The number of aromatic nitrogens is 2. The van der Waals surface area contributed by atoms with Crippen LogP contribution in [0.3, 0.4) is 0 Å². The van der Waals surface area contributed by atoms with Crippen LogP contribution >= 0.6 is 0 Å². The zero-order valence-electron chi connectivity index (χ0n) is 12.4. The van der Waals surface area contributed by atoms with E-state index in [1.165, 1.54) is 10.2 Å². The Balaban J connectivity index is 1.96. The van der Waals surface area contributed by atoms with Crippen LogP contribution in [-0.4, -0.2) is 9.78 Å². The summed E-state index contributed by atoms with van der Waals surface area (Å²) in [5.74, 6) is 0. The summed E-state index contributed by atoms with van der Waals surface area (Å²) in [6.45, 7) is 2.49. The lowest BCUT2D eigenvalue weighted by Gasteiger charge is -2.08. The lowest BCUT2D eigenvalue weighted by Crippen LogP contribution is -2.22. The highest BCUT2D eigenvalue weighted by Gasteiger charge is 2.04. The molecule has 0 bridgehead atoms. The van der Waals surface area contributed by atoms with Crippen molar-refractivity contribution in [3.8, 4) is 11.3 Å². The van der Waals surface area contributed by atoms with Gasteiger partial charge < -0.3 is 5.73 Å². The molecule has 0 saturated heterocycles. The van der Waals surface area contributed by atoms with Gasteiger partial charge in [0, 0.05) is 17.3 Å². The van der Waals surface area contributed by atoms with E-state index in [0.29, 0.717) is 12.2 Å². The Bertz CT molecular complexity index is 851. The second-order valence-electron chi connectivity index (χ2n) is 5.33. The van der Waals surface area contributed by atoms with E-state index in [4.69, 9.17) is 5.73 Å². The first-order valence-electron chi connectivity index (χ1n) is 7.11. The van der Waals surface area contributed by atoms with E-state index in [-0.39, 0.29) is 5.56 Å². The molecule has 0 radical (unpaired) electrons. The van der Waals surface area contributed by atoms with Crippen LogP contribution in [0.5, 0.6) is 0 Å². The van der Waals surface area contributed by atoms with Gasteiger partial charge in [-0.25, -0.2) is 4.68 Å². The molecule has 1 heterocycles. The van der Waals surface area contributed by atoms with Crippen LogP contribution in [0.2, 0.25) is 0 Å². The van der Waals surface area contributed by atoms with Gasteiger partial charge in [-0.05, 0) is 30.7 Å². The summed E-state index contributed by atoms with van der Waals surface area (Å²) < 4.78 is 1.48. The number of nitrogens with two attached hydrogens (primary N) is 1. The summed E-state index contributed by atoms with van der Waals surface area (Å²) in [4.78, 5) is 12.0. The van der Waals surface area contributed by atoms with Crippen LogP contribution in [0, 0.1) is 6.92 Å². The van der Waals surface area contributed by atoms with Gasteiger partial charge in [0.2, 0.25) is 0 Å². The van der Waals surface area contributed by atoms with E-state index < -0.39 is 0 Å². The molecule has 0 unspecified atom stereocenters. The minimum atomic E-state index is -0.117. The molecule has 2 N–H and O–H groups in total. The zero-order chi connectivity index (χ0) is 15.5. The second-order valence-corrected chi connectivity index (χ2v) is 5.33. The van der Waals surface area contributed by atoms with Crippen LogP contribution < -0.4 is 11.3 Å². The topological polar surface area (TPSA) is 60.9 Å². The zero-order valence-corrected chi connectivity index (χ0v) is 12.4. The standard InChI is InChI=1S/C18H17N3O/c1-13-5-7-14(8-6-13)12-21-18(22)10-9-17(20-21)15-3-2-4-16(19)11-15/h2-11H,12,19H2,1H3. The molecule has 4 heteroatoms. The first-order valence-corrected chi connectivity index (χ1v) is 7.11. The van der Waals surface area contributed by atoms with Crippen molar-refractivity contribution in [2.45, 2.75) is 13.5 Å². The number of aryl methyl sites for hydroxylation is 1. The third kappa shape index (κ3) is 3.06. The summed E-state index contributed by atoms with van der Waals surface area (Å²) >= 11 is 0. The van der Waals surface area contributed by atoms with Gasteiger partial charge in [-0.1, -0.05) is 42.0 Å². The Hall–Kier alpha value is -2.88. The fourth-order valence-electron chi connectivity index (χ4n) is 2.28. The highest BCUT2D eigenvalue weighted by atomic mass is 16.1. The van der Waals surface area contributed by atoms with Gasteiger partial charge in [0.25, 0.3) is 5.56 Å². The van der Waals surface area contributed by atoms with Gasteiger partial charge in [-0.3, -0.25) is 4.79 Å². The molecular weight excluding hydrogens is 274 g/mol. The molecule has 4 nitrogen and oxygen atoms in total. The maximum absolute atomic E-state index is 12.0. The van der Waals surface area contributed by atoms with Crippen LogP contribution in [-0.2, 0) is 6.54 Å². The molecule has 22 heavy (non-hydrogen) atoms. The lowest BCUT2D eigenvalue weighted by atomic mass is 10.1. The predicted octanol–water partition coefficient (Wildman–Crippen LogP) is 2.85. The van der Waals surface area contributed by atoms with Gasteiger partial charge in [0.1, 0.15) is 0 Å². The largest absolute Gasteiger partial charge is 0.399 e. The molecule has 2 aromatic carbocycles. The van der Waals surface area contributed by atoms with Crippen LogP contribution in [0.25, 0.3) is 11.3 Å². The van der Waals surface area contributed by atoms with Crippen LogP contribution in [0.1, 0.15) is 11.1 Å². The second kappa shape index (κ2) is 5.85. The van der Waals surface area contributed by atoms with Gasteiger partial charge in [-0.15, -0.1) is 0 Å². The Kier molecular flexibility index (Phi) is 3.74. The monoisotopic (exact) mass is 291 g/mol. The van der Waals surface area contributed by atoms with E-state index in [1.807, 2.05) is 55.5 Å². The first kappa shape index (κ1) is 14.1. The van der Waals surface area contributed by atoms with E-state index >= 15 is 0 Å². The molecular formula is C18H17N3O. The van der Waals surface area contributed by atoms with Crippen LogP contribution in [0.4, 0.5) is 5.69 Å². The van der Waals surface area contributed by atoms with Crippen molar-refractivity contribution in [3.05, 3.63) is 82.1 Å². The van der Waals surface area contributed by atoms with Crippen molar-refractivity contribution in [1.82, 2.24) is 9.78 Å². The highest BCUT2D eigenvalue weighted by molar-refractivity contribution is 5.63. The van der Waals surface area contributed by atoms with Crippen molar-refractivity contribution in [3.63, 3.8) is 0 Å². The number of hydrogen-bond acceptors (Lipinski definition) is 3. The fourth-order valence-corrected chi connectivity index (χ4v) is 2.28. The van der Waals surface area contributed by atoms with Gasteiger partial charge in [0.15, 0.2) is 0 Å². The molecule has 0 aliphatic rings. The smallest absolute Gasteiger partial charge is 0.267 e. The molecule has 3 rings (SSSR count). The van der Waals surface area contributed by atoms with Crippen molar-refractivity contribution in [2.75, 3.05) is 5.73 Å². The molecule has 0 aliphatic heterocycles. The number of anilines is 1. The van der Waals surface area contributed by atoms with Gasteiger partial charge >= 0.3 is 0 Å². The van der Waals surface area contributed by atoms with Gasteiger partial charge in [-0.2, -0.15) is 5.10 Å². The third-order valence-electron chi connectivity index (χ3n) is 3.50. The third-order valence-corrected chi connectivity index (χ3v) is 3.50. The molecule has 0 saturated carbocycles. The minimum absolute atomic E-state index is 0.117. The summed E-state index contributed by atoms with van der Waals surface area (Å²) in [5, 5.41) is 4.45. The Labute approximate surface area is 128 Å². The first-order chi connectivity index (χ1) is 10.6. The predicted molar refractivity (Wildman–Crippen MR) is 88.6 cm³/mol. The Morgan fingerprint density at radius 1 is 1.05 bits per heavy atom. The number of nitrogens with zero attached hydrogens (tertiary/aromatic N) is 2. The van der Waals surface area contributed by atoms with Crippen molar-refractivity contribution < 1.29 is 0 Å². The van der Waals surface area contributed by atoms with E-state index in [1.54, 1.807) is 12.1 Å². The van der Waals surface area contributed by atoms with Gasteiger partial charge in [0.05, 0.1) is 12.2 Å². The van der Waals surface area contributed by atoms with Crippen molar-refractivity contribution >= 4 is 5.69 Å². The van der Waals surface area contributed by atoms with E-state index in [0.717, 1.165) is 16.8 Å². The molecule has 0 atom stereocenters. The Morgan fingerprint density at radius 2 is 1.82 bits per heavy atom. The molecule has 110 valence electrons. The number of nitrogen functional groups attached to an aromatic ring is 1. The molecule has 0 spiro atoms. The van der Waals surface area contributed by atoms with E-state index in [2.05, 4.69) is 5.10 Å². The maximum Gasteiger partial charge on any atom is 0.267 e. The number of hydrogen-bond donors (Lipinski definition) is 1. The normalized spacial score (nSPS) is 10.6. The summed E-state index contributed by atoms with van der Waals surface area (Å²) in [7, 11) is 0. The Morgan fingerprint density at radius 3 is 2.55 bits per heavy atom. The summed E-state index contributed by atoms with van der Waals surface area (Å²) in [5.41, 5.74) is 10.2. The molecule has 0 fully saturated rings. The summed E-state index contributed by atoms with van der Waals surface area (Å²) in [6.07, 6.45) is 0. The molecule has 1 aromatic heterocycles. The molecule has 0 aliphatic carbocycles. The average Bonchev–Trinajstić information content (AvgIpc) is 2.52. The SMILES string of the molecule is Cc1ccc(Cn2nc(-c3cccc(N)c3)ccc2=O)cc1. The lowest BCUT2D eigenvalue weighted by molar-refractivity contribution is 0.642. The number of rotatable bonds is 3. The minimum Gasteiger partial charge on any atom is -0.399 e. The quantitative estimate of drug-likeness (QED) is 0.755. The van der Waals surface area contributed by atoms with E-state index in [9.17, 15) is 4.79 Å². The van der Waals surface area contributed by atoms with Crippen molar-refractivity contribution in [2.24, 2.45) is 0 Å². The summed E-state index contributed by atoms with van der Waals surface area (Å²) in [6, 6.07) is 18.8. The highest BCUT2D eigenvalue weighted by Crippen LogP contribution is 2.18. The maximum atomic E-state index is 12.0. The van der Waals surface area contributed by atoms with Crippen LogP contribution in [0.15, 0.2) is 65.5 Å². The fraction of sp³-hybridized carbons (Fsp3) is 0.111.